The number of rotatable bonds is 2. The van der Waals surface area contributed by atoms with E-state index in [0.717, 1.165) is 0 Å². The molecule has 6 heteroatoms. The molecule has 0 fully saturated rings. The van der Waals surface area contributed by atoms with Gasteiger partial charge in [-0.15, -0.1) is 0 Å². The Morgan fingerprint density at radius 1 is 1.44 bits per heavy atom. The third-order valence-electron chi connectivity index (χ3n) is 1.76. The van der Waals surface area contributed by atoms with E-state index in [9.17, 15) is 9.59 Å². The third-order valence-corrected chi connectivity index (χ3v) is 2.69. The molecule has 1 aromatic carbocycles. The summed E-state index contributed by atoms with van der Waals surface area (Å²) in [5.41, 5.74) is 0.746. The van der Waals surface area contributed by atoms with Gasteiger partial charge in [0.15, 0.2) is 0 Å². The Balaban J connectivity index is 3.17. The van der Waals surface area contributed by atoms with Crippen LogP contribution in [0.3, 0.4) is 0 Å². The van der Waals surface area contributed by atoms with Gasteiger partial charge in [0.25, 0.3) is 0 Å². The number of anilines is 1. The van der Waals surface area contributed by atoms with Crippen LogP contribution < -0.4 is 5.32 Å². The molecule has 0 atom stereocenters. The van der Waals surface area contributed by atoms with Gasteiger partial charge < -0.3 is 10.1 Å². The highest BCUT2D eigenvalue weighted by Gasteiger charge is 2.13. The Hall–Kier alpha value is -1.07. The van der Waals surface area contributed by atoms with Gasteiger partial charge in [0.1, 0.15) is 0 Å². The summed E-state index contributed by atoms with van der Waals surface area (Å²) in [6, 6.07) is 2.96. The molecule has 0 radical (unpaired) electrons. The van der Waals surface area contributed by atoms with Crippen LogP contribution in [0.5, 0.6) is 0 Å². The minimum Gasteiger partial charge on any atom is -0.465 e. The summed E-state index contributed by atoms with van der Waals surface area (Å²) in [4.78, 5) is 22.2. The zero-order valence-electron chi connectivity index (χ0n) is 8.64. The fourth-order valence-electron chi connectivity index (χ4n) is 1.10. The number of nitrogens with one attached hydrogen (secondary N) is 1. The zero-order chi connectivity index (χ0) is 12.3. The Morgan fingerprint density at radius 2 is 2.06 bits per heavy atom. The topological polar surface area (TPSA) is 55.4 Å². The average Bonchev–Trinajstić information content (AvgIpc) is 2.21. The van der Waals surface area contributed by atoms with Gasteiger partial charge in [0, 0.05) is 11.4 Å². The molecule has 1 aromatic rings. The second-order valence-corrected chi connectivity index (χ2v) is 4.25. The van der Waals surface area contributed by atoms with Crippen molar-refractivity contribution in [3.63, 3.8) is 0 Å². The lowest BCUT2D eigenvalue weighted by molar-refractivity contribution is -0.114. The van der Waals surface area contributed by atoms with Gasteiger partial charge in [0.2, 0.25) is 5.91 Å². The summed E-state index contributed by atoms with van der Waals surface area (Å²) < 4.78 is 5.09. The highest BCUT2D eigenvalue weighted by Crippen LogP contribution is 2.32. The van der Waals surface area contributed by atoms with E-state index >= 15 is 0 Å². The molecule has 0 aromatic heterocycles. The predicted molar refractivity (Wildman–Crippen MR) is 64.8 cm³/mol. The van der Waals surface area contributed by atoms with Gasteiger partial charge >= 0.3 is 5.97 Å². The molecule has 0 aliphatic carbocycles. The summed E-state index contributed by atoms with van der Waals surface area (Å²) in [7, 11) is 1.28. The monoisotopic (exact) mass is 305 g/mol. The third kappa shape index (κ3) is 2.96. The Morgan fingerprint density at radius 3 is 2.50 bits per heavy atom. The first kappa shape index (κ1) is 13.0. The van der Waals surface area contributed by atoms with Gasteiger partial charge in [-0.1, -0.05) is 11.6 Å². The SMILES string of the molecule is COC(=O)c1cc(Cl)c(NC(C)=O)c(Br)c1. The lowest BCUT2D eigenvalue weighted by atomic mass is 10.2. The largest absolute Gasteiger partial charge is 0.465 e. The number of hydrogen-bond donors (Lipinski definition) is 1. The molecule has 0 heterocycles. The molecule has 16 heavy (non-hydrogen) atoms. The molecule has 86 valence electrons. The molecule has 1 rings (SSSR count). The first-order valence-electron chi connectivity index (χ1n) is 4.30. The minimum atomic E-state index is -0.489. The first-order valence-corrected chi connectivity index (χ1v) is 5.47. The summed E-state index contributed by atoms with van der Waals surface area (Å²) in [6.07, 6.45) is 0. The quantitative estimate of drug-likeness (QED) is 0.855. The predicted octanol–water partition coefficient (Wildman–Crippen LogP) is 2.85. The number of ether oxygens (including phenoxy) is 1. The molecule has 0 saturated carbocycles. The van der Waals surface area contributed by atoms with Crippen molar-refractivity contribution in [1.29, 1.82) is 0 Å². The van der Waals surface area contributed by atoms with Crippen LogP contribution in [0.2, 0.25) is 5.02 Å². The molecule has 0 bridgehead atoms. The maximum Gasteiger partial charge on any atom is 0.337 e. The van der Waals surface area contributed by atoms with Crippen molar-refractivity contribution < 1.29 is 14.3 Å². The van der Waals surface area contributed by atoms with Crippen LogP contribution >= 0.6 is 27.5 Å². The molecule has 1 N–H and O–H groups in total. The zero-order valence-corrected chi connectivity index (χ0v) is 11.0. The van der Waals surface area contributed by atoms with Gasteiger partial charge in [-0.3, -0.25) is 4.79 Å². The van der Waals surface area contributed by atoms with E-state index in [1.165, 1.54) is 26.2 Å². The van der Waals surface area contributed by atoms with Gasteiger partial charge in [-0.05, 0) is 28.1 Å². The van der Waals surface area contributed by atoms with E-state index in [2.05, 4.69) is 26.0 Å². The van der Waals surface area contributed by atoms with Crippen molar-refractivity contribution in [3.05, 3.63) is 27.2 Å². The van der Waals surface area contributed by atoms with E-state index in [1.54, 1.807) is 0 Å². The smallest absolute Gasteiger partial charge is 0.337 e. The van der Waals surface area contributed by atoms with E-state index in [4.69, 9.17) is 11.6 Å². The van der Waals surface area contributed by atoms with E-state index < -0.39 is 5.97 Å². The average molecular weight is 307 g/mol. The normalized spacial score (nSPS) is 9.75. The maximum absolute atomic E-state index is 11.3. The van der Waals surface area contributed by atoms with Gasteiger partial charge in [-0.25, -0.2) is 4.79 Å². The molecule has 0 spiro atoms. The number of hydrogen-bond acceptors (Lipinski definition) is 3. The molecular formula is C10H9BrClNO3. The number of amides is 1. The Labute approximate surface area is 106 Å². The lowest BCUT2D eigenvalue weighted by Crippen LogP contribution is -2.08. The van der Waals surface area contributed by atoms with Crippen LogP contribution in [-0.4, -0.2) is 19.0 Å². The lowest BCUT2D eigenvalue weighted by Gasteiger charge is -2.09. The number of esters is 1. The van der Waals surface area contributed by atoms with Crippen LogP contribution in [0.4, 0.5) is 5.69 Å². The Kier molecular flexibility index (Phi) is 4.32. The van der Waals surface area contributed by atoms with Crippen LogP contribution in [-0.2, 0) is 9.53 Å². The highest BCUT2D eigenvalue weighted by atomic mass is 79.9. The first-order chi connectivity index (χ1) is 7.45. The molecular weight excluding hydrogens is 297 g/mol. The number of methoxy groups -OCH3 is 1. The number of carbonyl (C=O) groups excluding carboxylic acids is 2. The van der Waals surface area contributed by atoms with Crippen molar-refractivity contribution in [2.45, 2.75) is 6.92 Å². The summed E-state index contributed by atoms with van der Waals surface area (Å²) >= 11 is 9.14. The molecule has 0 unspecified atom stereocenters. The molecule has 0 aliphatic heterocycles. The van der Waals surface area contributed by atoms with Crippen molar-refractivity contribution >= 4 is 45.1 Å². The number of halogens is 2. The fraction of sp³-hybridized carbons (Fsp3) is 0.200. The van der Waals surface area contributed by atoms with Crippen LogP contribution in [0.1, 0.15) is 17.3 Å². The van der Waals surface area contributed by atoms with E-state index in [-0.39, 0.29) is 10.9 Å². The van der Waals surface area contributed by atoms with Crippen LogP contribution in [0.25, 0.3) is 0 Å². The van der Waals surface area contributed by atoms with Crippen LogP contribution in [0, 0.1) is 0 Å². The van der Waals surface area contributed by atoms with E-state index in [1.807, 2.05) is 0 Å². The summed E-state index contributed by atoms with van der Waals surface area (Å²) in [6.45, 7) is 1.37. The van der Waals surface area contributed by atoms with Crippen molar-refractivity contribution in [2.75, 3.05) is 12.4 Å². The van der Waals surface area contributed by atoms with Gasteiger partial charge in [0.05, 0.1) is 23.4 Å². The number of carbonyl (C=O) groups is 2. The summed E-state index contributed by atoms with van der Waals surface area (Å²) in [5.74, 6) is -0.731. The fourth-order valence-corrected chi connectivity index (χ4v) is 2.04. The Bertz CT molecular complexity index is 425. The second-order valence-electron chi connectivity index (χ2n) is 2.99. The highest BCUT2D eigenvalue weighted by molar-refractivity contribution is 9.10. The number of benzene rings is 1. The van der Waals surface area contributed by atoms with Crippen LogP contribution in [0.15, 0.2) is 16.6 Å². The molecule has 4 nitrogen and oxygen atoms in total. The maximum atomic E-state index is 11.3. The molecule has 0 saturated heterocycles. The van der Waals surface area contributed by atoms with Crippen molar-refractivity contribution in [1.82, 2.24) is 0 Å². The second kappa shape index (κ2) is 5.32. The minimum absolute atomic E-state index is 0.242. The van der Waals surface area contributed by atoms with Gasteiger partial charge in [-0.2, -0.15) is 0 Å². The van der Waals surface area contributed by atoms with Crippen molar-refractivity contribution in [2.24, 2.45) is 0 Å². The molecule has 1 amide bonds. The molecule has 0 aliphatic rings. The standard InChI is InChI=1S/C10H9BrClNO3/c1-5(14)13-9-7(11)3-6(4-8(9)12)10(15)16-2/h3-4H,1-2H3,(H,13,14). The van der Waals surface area contributed by atoms with E-state index in [0.29, 0.717) is 15.7 Å². The van der Waals surface area contributed by atoms with Crippen molar-refractivity contribution in [3.8, 4) is 0 Å². The summed E-state index contributed by atoms with van der Waals surface area (Å²) in [5, 5.41) is 2.82.